The van der Waals surface area contributed by atoms with Crippen molar-refractivity contribution in [3.63, 3.8) is 0 Å². The second-order valence-electron chi connectivity index (χ2n) is 10.3. The molecule has 0 spiro atoms. The molecule has 0 atom stereocenters. The number of hydrogen-bond donors (Lipinski definition) is 1. The molecule has 5 rings (SSSR count). The summed E-state index contributed by atoms with van der Waals surface area (Å²) in [6.45, 7) is 8.96. The van der Waals surface area contributed by atoms with Gasteiger partial charge in [0.1, 0.15) is 0 Å². The molecule has 0 radical (unpaired) electrons. The second kappa shape index (κ2) is 10.7. The number of para-hydroxylation sites is 2. The third-order valence-electron chi connectivity index (χ3n) is 7.69. The van der Waals surface area contributed by atoms with Gasteiger partial charge in [0.2, 0.25) is 17.8 Å². The predicted octanol–water partition coefficient (Wildman–Crippen LogP) is 4.05. The highest BCUT2D eigenvalue weighted by Crippen LogP contribution is 2.28. The van der Waals surface area contributed by atoms with Crippen molar-refractivity contribution >= 4 is 28.8 Å². The van der Waals surface area contributed by atoms with E-state index in [1.165, 1.54) is 16.7 Å². The van der Waals surface area contributed by atoms with Crippen molar-refractivity contribution < 1.29 is 9.59 Å². The van der Waals surface area contributed by atoms with Gasteiger partial charge in [-0.2, -0.15) is 0 Å². The number of benzene rings is 2. The summed E-state index contributed by atoms with van der Waals surface area (Å²) in [5, 5.41) is 3.11. The molecule has 190 valence electrons. The van der Waals surface area contributed by atoms with E-state index in [1.807, 2.05) is 11.0 Å². The minimum absolute atomic E-state index is 0.0338. The van der Waals surface area contributed by atoms with Crippen LogP contribution in [-0.4, -0.2) is 59.0 Å². The maximum Gasteiger partial charge on any atom is 0.223 e. The smallest absolute Gasteiger partial charge is 0.223 e. The molecule has 2 fully saturated rings. The molecule has 2 aliphatic heterocycles. The van der Waals surface area contributed by atoms with E-state index in [0.29, 0.717) is 13.0 Å². The molecule has 2 saturated heterocycles. The highest BCUT2D eigenvalue weighted by molar-refractivity contribution is 5.80. The van der Waals surface area contributed by atoms with Gasteiger partial charge in [0, 0.05) is 45.1 Å². The molecule has 0 saturated carbocycles. The van der Waals surface area contributed by atoms with E-state index in [9.17, 15) is 9.59 Å². The number of carbonyl (C=O) groups is 2. The normalized spacial score (nSPS) is 16.8. The number of aryl methyl sites for hydroxylation is 2. The van der Waals surface area contributed by atoms with E-state index in [-0.39, 0.29) is 17.7 Å². The average molecular weight is 488 g/mol. The lowest BCUT2D eigenvalue weighted by Crippen LogP contribution is -2.42. The highest BCUT2D eigenvalue weighted by Gasteiger charge is 2.28. The van der Waals surface area contributed by atoms with Gasteiger partial charge in [-0.05, 0) is 62.8 Å². The Bertz CT molecular complexity index is 1240. The van der Waals surface area contributed by atoms with Crippen molar-refractivity contribution in [2.24, 2.45) is 5.92 Å². The van der Waals surface area contributed by atoms with Crippen molar-refractivity contribution in [3.8, 4) is 0 Å². The molecule has 36 heavy (non-hydrogen) atoms. The number of aromatic nitrogens is 2. The molecule has 3 aromatic rings. The molecule has 1 N–H and O–H groups in total. The van der Waals surface area contributed by atoms with Crippen LogP contribution in [0.2, 0.25) is 0 Å². The zero-order chi connectivity index (χ0) is 25.1. The van der Waals surface area contributed by atoms with Crippen molar-refractivity contribution in [3.05, 3.63) is 59.2 Å². The zero-order valence-corrected chi connectivity index (χ0v) is 21.5. The molecule has 2 amide bonds. The summed E-state index contributed by atoms with van der Waals surface area (Å²) < 4.78 is 2.33. The number of amides is 2. The van der Waals surface area contributed by atoms with Gasteiger partial charge < -0.3 is 19.7 Å². The van der Waals surface area contributed by atoms with Crippen molar-refractivity contribution in [2.45, 2.75) is 52.5 Å². The van der Waals surface area contributed by atoms with Gasteiger partial charge in [0.15, 0.2) is 0 Å². The minimum Gasteiger partial charge on any atom is -0.356 e. The molecule has 3 heterocycles. The lowest BCUT2D eigenvalue weighted by molar-refractivity contribution is -0.127. The van der Waals surface area contributed by atoms with Gasteiger partial charge in [-0.15, -0.1) is 0 Å². The zero-order valence-electron chi connectivity index (χ0n) is 21.5. The Morgan fingerprint density at radius 2 is 1.89 bits per heavy atom. The first-order chi connectivity index (χ1) is 17.5. The van der Waals surface area contributed by atoms with Crippen LogP contribution >= 0.6 is 0 Å². The largest absolute Gasteiger partial charge is 0.356 e. The summed E-state index contributed by atoms with van der Waals surface area (Å²) in [7, 11) is 0. The number of imidazole rings is 1. The SMILES string of the molecule is Cc1ccc(C)c(Cn2c(N3CCC(C(=O)NCCCN4CCCC4=O)CC3)nc3ccccc32)c1. The number of anilines is 1. The van der Waals surface area contributed by atoms with Crippen LogP contribution in [0.15, 0.2) is 42.5 Å². The van der Waals surface area contributed by atoms with Crippen molar-refractivity contribution in [1.29, 1.82) is 0 Å². The number of fused-ring (bicyclic) bond motifs is 1. The summed E-state index contributed by atoms with van der Waals surface area (Å²) in [5.41, 5.74) is 6.01. The van der Waals surface area contributed by atoms with Gasteiger partial charge in [-0.25, -0.2) is 4.98 Å². The Balaban J connectivity index is 1.21. The van der Waals surface area contributed by atoms with Crippen LogP contribution in [-0.2, 0) is 16.1 Å². The van der Waals surface area contributed by atoms with Crippen LogP contribution in [0.4, 0.5) is 5.95 Å². The van der Waals surface area contributed by atoms with Crippen molar-refractivity contribution in [1.82, 2.24) is 19.8 Å². The molecule has 2 aliphatic rings. The van der Waals surface area contributed by atoms with E-state index in [1.54, 1.807) is 0 Å². The lowest BCUT2D eigenvalue weighted by atomic mass is 9.96. The molecule has 7 heteroatoms. The first-order valence-electron chi connectivity index (χ1n) is 13.3. The third-order valence-corrected chi connectivity index (χ3v) is 7.69. The molecule has 7 nitrogen and oxygen atoms in total. The number of carbonyl (C=O) groups excluding carboxylic acids is 2. The summed E-state index contributed by atoms with van der Waals surface area (Å²) in [5.74, 6) is 1.42. The fourth-order valence-corrected chi connectivity index (χ4v) is 5.51. The first-order valence-corrected chi connectivity index (χ1v) is 13.3. The van der Waals surface area contributed by atoms with Crippen LogP contribution in [0.25, 0.3) is 11.0 Å². The summed E-state index contributed by atoms with van der Waals surface area (Å²) in [6.07, 6.45) is 4.09. The van der Waals surface area contributed by atoms with E-state index in [2.05, 4.69) is 65.0 Å². The Kier molecular flexibility index (Phi) is 7.25. The maximum atomic E-state index is 12.8. The van der Waals surface area contributed by atoms with E-state index < -0.39 is 0 Å². The molecular weight excluding hydrogens is 450 g/mol. The molecule has 0 bridgehead atoms. The Morgan fingerprint density at radius 3 is 2.67 bits per heavy atom. The topological polar surface area (TPSA) is 70.5 Å². The fraction of sp³-hybridized carbons (Fsp3) is 0.483. The van der Waals surface area contributed by atoms with Gasteiger partial charge in [-0.3, -0.25) is 9.59 Å². The number of nitrogens with one attached hydrogen (secondary N) is 1. The molecular formula is C29H37N5O2. The fourth-order valence-electron chi connectivity index (χ4n) is 5.51. The summed E-state index contributed by atoms with van der Waals surface area (Å²) >= 11 is 0. The monoisotopic (exact) mass is 487 g/mol. The van der Waals surface area contributed by atoms with Crippen LogP contribution in [0.3, 0.4) is 0 Å². The van der Waals surface area contributed by atoms with E-state index >= 15 is 0 Å². The first kappa shape index (κ1) is 24.3. The molecule has 2 aromatic carbocycles. The van der Waals surface area contributed by atoms with Crippen LogP contribution in [0.1, 0.15) is 48.8 Å². The molecule has 0 unspecified atom stereocenters. The van der Waals surface area contributed by atoms with Crippen molar-refractivity contribution in [2.75, 3.05) is 37.6 Å². The van der Waals surface area contributed by atoms with E-state index in [0.717, 1.165) is 75.4 Å². The average Bonchev–Trinajstić information content (AvgIpc) is 3.47. The minimum atomic E-state index is 0.0338. The number of likely N-dealkylation sites (tertiary alicyclic amines) is 1. The number of nitrogens with zero attached hydrogens (tertiary/aromatic N) is 4. The highest BCUT2D eigenvalue weighted by atomic mass is 16.2. The summed E-state index contributed by atoms with van der Waals surface area (Å²) in [4.78, 5) is 33.8. The van der Waals surface area contributed by atoms with Crippen LogP contribution in [0.5, 0.6) is 0 Å². The Hall–Kier alpha value is -3.35. The maximum absolute atomic E-state index is 12.8. The van der Waals surface area contributed by atoms with Crippen LogP contribution in [0, 0.1) is 19.8 Å². The standard InChI is InChI=1S/C29H37N5O2/c1-21-10-11-22(2)24(19-21)20-34-26-8-4-3-7-25(26)31-29(34)33-17-12-23(13-18-33)28(36)30-14-6-16-32-15-5-9-27(32)35/h3-4,7-8,10-11,19,23H,5-6,9,12-18,20H2,1-2H3,(H,30,36). The second-order valence-corrected chi connectivity index (χ2v) is 10.3. The van der Waals surface area contributed by atoms with Gasteiger partial charge in [0.25, 0.3) is 0 Å². The number of piperidine rings is 1. The van der Waals surface area contributed by atoms with Gasteiger partial charge >= 0.3 is 0 Å². The molecule has 1 aromatic heterocycles. The Labute approximate surface area is 213 Å². The quantitative estimate of drug-likeness (QED) is 0.487. The molecule has 0 aliphatic carbocycles. The van der Waals surface area contributed by atoms with Gasteiger partial charge in [0.05, 0.1) is 17.6 Å². The van der Waals surface area contributed by atoms with Crippen LogP contribution < -0.4 is 10.2 Å². The number of hydrogen-bond acceptors (Lipinski definition) is 4. The number of rotatable bonds is 8. The predicted molar refractivity (Wildman–Crippen MR) is 143 cm³/mol. The summed E-state index contributed by atoms with van der Waals surface area (Å²) in [6, 6.07) is 15.0. The third kappa shape index (κ3) is 5.25. The van der Waals surface area contributed by atoms with Gasteiger partial charge in [-0.1, -0.05) is 35.9 Å². The van der Waals surface area contributed by atoms with E-state index in [4.69, 9.17) is 4.98 Å². The Morgan fingerprint density at radius 1 is 1.08 bits per heavy atom. The lowest BCUT2D eigenvalue weighted by Gasteiger charge is -2.32.